The Morgan fingerprint density at radius 2 is 2.31 bits per heavy atom. The molecular formula is C11H16N2O2S. The molecule has 1 aromatic rings. The van der Waals surface area contributed by atoms with E-state index in [-0.39, 0.29) is 0 Å². The molecule has 0 radical (unpaired) electrons. The van der Waals surface area contributed by atoms with Gasteiger partial charge in [0.25, 0.3) is 0 Å². The van der Waals surface area contributed by atoms with Crippen molar-refractivity contribution in [2.75, 3.05) is 18.0 Å². The summed E-state index contributed by atoms with van der Waals surface area (Å²) in [6.45, 7) is 2.02. The second kappa shape index (κ2) is 5.30. The van der Waals surface area contributed by atoms with Crippen molar-refractivity contribution in [1.29, 1.82) is 0 Å². The molecule has 0 saturated carbocycles. The molecule has 1 N–H and O–H groups in total. The van der Waals surface area contributed by atoms with Crippen LogP contribution in [0.15, 0.2) is 11.6 Å². The van der Waals surface area contributed by atoms with Crippen LogP contribution in [0, 0.1) is 5.92 Å². The minimum Gasteiger partial charge on any atom is -0.481 e. The maximum atomic E-state index is 10.5. The highest BCUT2D eigenvalue weighted by molar-refractivity contribution is 7.13. The first kappa shape index (κ1) is 11.4. The Labute approximate surface area is 98.9 Å². The van der Waals surface area contributed by atoms with E-state index < -0.39 is 5.97 Å². The summed E-state index contributed by atoms with van der Waals surface area (Å²) in [6, 6.07) is 0. The number of aliphatic carboxylic acids is 1. The number of carboxylic acid groups (broad SMARTS) is 1. The van der Waals surface area contributed by atoms with Crippen LogP contribution in [0.25, 0.3) is 0 Å². The normalized spacial score (nSPS) is 17.6. The fourth-order valence-electron chi connectivity index (χ4n) is 2.11. The van der Waals surface area contributed by atoms with Crippen molar-refractivity contribution in [3.8, 4) is 0 Å². The molecule has 0 spiro atoms. The van der Waals surface area contributed by atoms with Crippen LogP contribution < -0.4 is 4.90 Å². The monoisotopic (exact) mass is 240 g/mol. The van der Waals surface area contributed by atoms with Gasteiger partial charge in [0.2, 0.25) is 0 Å². The molecule has 4 nitrogen and oxygen atoms in total. The molecule has 88 valence electrons. The molecule has 0 aromatic carbocycles. The molecular weight excluding hydrogens is 224 g/mol. The number of anilines is 1. The summed E-state index contributed by atoms with van der Waals surface area (Å²) >= 11 is 1.67. The molecule has 0 bridgehead atoms. The minimum atomic E-state index is -0.678. The maximum Gasteiger partial charge on any atom is 0.303 e. The van der Waals surface area contributed by atoms with Crippen molar-refractivity contribution in [3.05, 3.63) is 11.6 Å². The van der Waals surface area contributed by atoms with Crippen molar-refractivity contribution in [2.45, 2.75) is 25.7 Å². The van der Waals surface area contributed by atoms with Gasteiger partial charge >= 0.3 is 5.97 Å². The summed E-state index contributed by atoms with van der Waals surface area (Å²) in [6.07, 6.45) is 5.14. The van der Waals surface area contributed by atoms with Gasteiger partial charge < -0.3 is 10.0 Å². The van der Waals surface area contributed by atoms with Crippen molar-refractivity contribution in [3.63, 3.8) is 0 Å². The zero-order valence-corrected chi connectivity index (χ0v) is 9.95. The fourth-order valence-corrected chi connectivity index (χ4v) is 2.81. The van der Waals surface area contributed by atoms with Crippen LogP contribution in [0.2, 0.25) is 0 Å². The topological polar surface area (TPSA) is 53.4 Å². The first-order valence-corrected chi connectivity index (χ1v) is 6.50. The van der Waals surface area contributed by atoms with Crippen molar-refractivity contribution in [2.24, 2.45) is 5.92 Å². The number of aromatic nitrogens is 1. The third kappa shape index (κ3) is 2.95. The number of piperidine rings is 1. The van der Waals surface area contributed by atoms with Crippen molar-refractivity contribution < 1.29 is 9.90 Å². The second-order valence-corrected chi connectivity index (χ2v) is 5.05. The van der Waals surface area contributed by atoms with Crippen LogP contribution in [-0.4, -0.2) is 29.1 Å². The summed E-state index contributed by atoms with van der Waals surface area (Å²) < 4.78 is 0. The highest BCUT2D eigenvalue weighted by atomic mass is 32.1. The Balaban J connectivity index is 1.76. The van der Waals surface area contributed by atoms with Crippen LogP contribution >= 0.6 is 11.3 Å². The summed E-state index contributed by atoms with van der Waals surface area (Å²) in [5.74, 6) is -0.102. The average molecular weight is 240 g/mol. The van der Waals surface area contributed by atoms with E-state index in [0.29, 0.717) is 12.3 Å². The van der Waals surface area contributed by atoms with Gasteiger partial charge in [-0.3, -0.25) is 4.79 Å². The van der Waals surface area contributed by atoms with Crippen LogP contribution in [0.3, 0.4) is 0 Å². The third-order valence-electron chi connectivity index (χ3n) is 3.07. The first-order chi connectivity index (χ1) is 7.75. The van der Waals surface area contributed by atoms with Gasteiger partial charge in [0.15, 0.2) is 5.13 Å². The lowest BCUT2D eigenvalue weighted by Crippen LogP contribution is -2.33. The summed E-state index contributed by atoms with van der Waals surface area (Å²) in [5, 5.41) is 11.7. The minimum absolute atomic E-state index is 0.307. The number of nitrogens with zero attached hydrogens (tertiary/aromatic N) is 2. The number of hydrogen-bond acceptors (Lipinski definition) is 4. The lowest BCUT2D eigenvalue weighted by molar-refractivity contribution is -0.137. The van der Waals surface area contributed by atoms with E-state index >= 15 is 0 Å². The summed E-state index contributed by atoms with van der Waals surface area (Å²) in [5.41, 5.74) is 0. The van der Waals surface area contributed by atoms with E-state index in [1.54, 1.807) is 11.3 Å². The Hall–Kier alpha value is -1.10. The van der Waals surface area contributed by atoms with Crippen molar-refractivity contribution in [1.82, 2.24) is 4.98 Å². The van der Waals surface area contributed by atoms with Crippen LogP contribution in [0.4, 0.5) is 5.13 Å². The Kier molecular flexibility index (Phi) is 3.77. The Morgan fingerprint density at radius 1 is 1.56 bits per heavy atom. The molecule has 0 unspecified atom stereocenters. The zero-order valence-electron chi connectivity index (χ0n) is 9.13. The maximum absolute atomic E-state index is 10.5. The van der Waals surface area contributed by atoms with Crippen LogP contribution in [0.1, 0.15) is 25.7 Å². The van der Waals surface area contributed by atoms with E-state index in [1.165, 1.54) is 0 Å². The molecule has 0 amide bonds. The van der Waals surface area contributed by atoms with Crippen molar-refractivity contribution >= 4 is 22.4 Å². The molecule has 0 aliphatic carbocycles. The van der Waals surface area contributed by atoms with Gasteiger partial charge in [0.05, 0.1) is 0 Å². The number of carbonyl (C=O) groups is 1. The van der Waals surface area contributed by atoms with Gasteiger partial charge in [0, 0.05) is 31.1 Å². The zero-order chi connectivity index (χ0) is 11.4. The smallest absolute Gasteiger partial charge is 0.303 e. The largest absolute Gasteiger partial charge is 0.481 e. The summed E-state index contributed by atoms with van der Waals surface area (Å²) in [4.78, 5) is 17.1. The number of rotatable bonds is 4. The number of hydrogen-bond donors (Lipinski definition) is 1. The van der Waals surface area contributed by atoms with Gasteiger partial charge in [0.1, 0.15) is 0 Å². The third-order valence-corrected chi connectivity index (χ3v) is 3.90. The van der Waals surface area contributed by atoms with E-state index in [0.717, 1.165) is 37.5 Å². The average Bonchev–Trinajstić information content (AvgIpc) is 2.80. The van der Waals surface area contributed by atoms with Gasteiger partial charge in [-0.25, -0.2) is 4.98 Å². The molecule has 1 saturated heterocycles. The predicted octanol–water partition coefficient (Wildman–Crippen LogP) is 2.22. The lowest BCUT2D eigenvalue weighted by atomic mass is 9.92. The van der Waals surface area contributed by atoms with E-state index in [1.807, 2.05) is 11.6 Å². The molecule has 1 aliphatic heterocycles. The number of thiazole rings is 1. The SMILES string of the molecule is O=C(O)CCC1CCN(c2nccs2)CC1. The lowest BCUT2D eigenvalue weighted by Gasteiger charge is -2.31. The molecule has 2 rings (SSSR count). The predicted molar refractivity (Wildman–Crippen MR) is 63.9 cm³/mol. The van der Waals surface area contributed by atoms with Crippen LogP contribution in [0.5, 0.6) is 0 Å². The van der Waals surface area contributed by atoms with Crippen LogP contribution in [-0.2, 0) is 4.79 Å². The van der Waals surface area contributed by atoms with E-state index in [9.17, 15) is 4.79 Å². The molecule has 1 aromatic heterocycles. The molecule has 2 heterocycles. The summed E-state index contributed by atoms with van der Waals surface area (Å²) in [7, 11) is 0. The molecule has 1 fully saturated rings. The molecule has 16 heavy (non-hydrogen) atoms. The van der Waals surface area contributed by atoms with Gasteiger partial charge in [-0.15, -0.1) is 11.3 Å². The standard InChI is InChI=1S/C11H16N2O2S/c14-10(15)2-1-9-3-6-13(7-4-9)11-12-5-8-16-11/h5,8-9H,1-4,6-7H2,(H,14,15). The van der Waals surface area contributed by atoms with Gasteiger partial charge in [-0.1, -0.05) is 0 Å². The molecule has 0 atom stereocenters. The number of carboxylic acids is 1. The van der Waals surface area contributed by atoms with E-state index in [4.69, 9.17) is 5.11 Å². The molecule has 5 heteroatoms. The fraction of sp³-hybridized carbons (Fsp3) is 0.636. The van der Waals surface area contributed by atoms with Gasteiger partial charge in [-0.2, -0.15) is 0 Å². The highest BCUT2D eigenvalue weighted by Gasteiger charge is 2.20. The Bertz CT molecular complexity index is 332. The first-order valence-electron chi connectivity index (χ1n) is 5.62. The molecule has 1 aliphatic rings. The Morgan fingerprint density at radius 3 is 2.88 bits per heavy atom. The second-order valence-electron chi connectivity index (χ2n) is 4.18. The highest BCUT2D eigenvalue weighted by Crippen LogP contribution is 2.26. The van der Waals surface area contributed by atoms with E-state index in [2.05, 4.69) is 9.88 Å². The quantitative estimate of drug-likeness (QED) is 0.876. The van der Waals surface area contributed by atoms with Gasteiger partial charge in [-0.05, 0) is 25.2 Å².